The third-order valence-corrected chi connectivity index (χ3v) is 4.96. The van der Waals surface area contributed by atoms with Crippen LogP contribution in [0.15, 0.2) is 41.2 Å². The topological polar surface area (TPSA) is 25.2 Å². The van der Waals surface area contributed by atoms with Gasteiger partial charge in [0.25, 0.3) is 0 Å². The normalized spacial score (nSPS) is 20.6. The summed E-state index contributed by atoms with van der Waals surface area (Å²) in [6.07, 6.45) is 8.74. The zero-order valence-corrected chi connectivity index (χ0v) is 11.1. The summed E-state index contributed by atoms with van der Waals surface area (Å²) >= 11 is 0. The molecular formula is C17H19NO. The van der Waals surface area contributed by atoms with E-state index in [9.17, 15) is 0 Å². The Hall–Kier alpha value is -1.54. The Morgan fingerprint density at radius 3 is 2.68 bits per heavy atom. The van der Waals surface area contributed by atoms with Crippen molar-refractivity contribution in [3.63, 3.8) is 0 Å². The maximum atomic E-state index is 5.19. The lowest BCUT2D eigenvalue weighted by atomic mass is 9.74. The van der Waals surface area contributed by atoms with Gasteiger partial charge in [0.15, 0.2) is 0 Å². The van der Waals surface area contributed by atoms with E-state index in [1.807, 2.05) is 12.3 Å². The third-order valence-electron chi connectivity index (χ3n) is 4.96. The fraction of sp³-hybridized carbons (Fsp3) is 0.412. The SMILES string of the molecule is c1cc(-c2ccc3c(c2)CCC32CCNCC2)co1. The van der Waals surface area contributed by atoms with Gasteiger partial charge in [-0.1, -0.05) is 18.2 Å². The van der Waals surface area contributed by atoms with Gasteiger partial charge in [0.1, 0.15) is 0 Å². The average molecular weight is 253 g/mol. The van der Waals surface area contributed by atoms with Crippen molar-refractivity contribution in [2.24, 2.45) is 0 Å². The number of benzene rings is 1. The summed E-state index contributed by atoms with van der Waals surface area (Å²) in [5.74, 6) is 0. The maximum Gasteiger partial charge on any atom is 0.0980 e. The van der Waals surface area contributed by atoms with Crippen LogP contribution in [0.1, 0.15) is 30.4 Å². The predicted molar refractivity (Wildman–Crippen MR) is 76.2 cm³/mol. The predicted octanol–water partition coefficient (Wildman–Crippen LogP) is 3.51. The van der Waals surface area contributed by atoms with E-state index in [0.29, 0.717) is 5.41 Å². The lowest BCUT2D eigenvalue weighted by Gasteiger charge is -2.35. The monoisotopic (exact) mass is 253 g/mol. The van der Waals surface area contributed by atoms with E-state index >= 15 is 0 Å². The zero-order chi connectivity index (χ0) is 12.7. The van der Waals surface area contributed by atoms with Crippen LogP contribution in [0.25, 0.3) is 11.1 Å². The molecule has 1 spiro atoms. The first kappa shape index (κ1) is 11.3. The molecule has 2 aliphatic rings. The Balaban J connectivity index is 1.74. The van der Waals surface area contributed by atoms with Crippen LogP contribution < -0.4 is 5.32 Å². The molecule has 2 aromatic rings. The molecule has 2 heteroatoms. The van der Waals surface area contributed by atoms with Crippen molar-refractivity contribution in [3.8, 4) is 11.1 Å². The Labute approximate surface area is 113 Å². The summed E-state index contributed by atoms with van der Waals surface area (Å²) in [7, 11) is 0. The Morgan fingerprint density at radius 2 is 1.89 bits per heavy atom. The van der Waals surface area contributed by atoms with Gasteiger partial charge in [0.05, 0.1) is 12.5 Å². The summed E-state index contributed by atoms with van der Waals surface area (Å²) in [6.45, 7) is 2.34. The van der Waals surface area contributed by atoms with Crippen molar-refractivity contribution in [3.05, 3.63) is 47.9 Å². The molecule has 19 heavy (non-hydrogen) atoms. The second-order valence-corrected chi connectivity index (χ2v) is 5.91. The third kappa shape index (κ3) is 1.74. The molecule has 1 saturated heterocycles. The van der Waals surface area contributed by atoms with Crippen LogP contribution in [0, 0.1) is 0 Å². The Bertz CT molecular complexity index is 579. The van der Waals surface area contributed by atoms with Gasteiger partial charge < -0.3 is 9.73 Å². The van der Waals surface area contributed by atoms with Crippen LogP contribution in [-0.4, -0.2) is 13.1 Å². The maximum absolute atomic E-state index is 5.19. The molecule has 2 nitrogen and oxygen atoms in total. The summed E-state index contributed by atoms with van der Waals surface area (Å²) in [6, 6.07) is 9.04. The van der Waals surface area contributed by atoms with E-state index in [1.165, 1.54) is 49.9 Å². The summed E-state index contributed by atoms with van der Waals surface area (Å²) in [4.78, 5) is 0. The summed E-state index contributed by atoms with van der Waals surface area (Å²) in [5, 5.41) is 3.49. The van der Waals surface area contributed by atoms with Crippen molar-refractivity contribution in [2.75, 3.05) is 13.1 Å². The van der Waals surface area contributed by atoms with Gasteiger partial charge in [-0.15, -0.1) is 0 Å². The highest BCUT2D eigenvalue weighted by molar-refractivity contribution is 5.64. The van der Waals surface area contributed by atoms with Gasteiger partial charge in [-0.25, -0.2) is 0 Å². The molecule has 0 amide bonds. The Morgan fingerprint density at radius 1 is 1.00 bits per heavy atom. The van der Waals surface area contributed by atoms with Crippen molar-refractivity contribution >= 4 is 0 Å². The highest BCUT2D eigenvalue weighted by atomic mass is 16.3. The number of furan rings is 1. The van der Waals surface area contributed by atoms with Crippen molar-refractivity contribution in [1.82, 2.24) is 5.32 Å². The van der Waals surface area contributed by atoms with Gasteiger partial charge in [0, 0.05) is 5.56 Å². The summed E-state index contributed by atoms with van der Waals surface area (Å²) < 4.78 is 5.19. The average Bonchev–Trinajstić information content (AvgIpc) is 3.09. The molecule has 0 bridgehead atoms. The molecule has 1 aliphatic heterocycles. The van der Waals surface area contributed by atoms with E-state index in [2.05, 4.69) is 23.5 Å². The molecule has 1 aromatic heterocycles. The van der Waals surface area contributed by atoms with Gasteiger partial charge in [-0.05, 0) is 66.9 Å². The molecule has 1 aromatic carbocycles. The first-order valence-corrected chi connectivity index (χ1v) is 7.24. The smallest absolute Gasteiger partial charge is 0.0980 e. The molecular weight excluding hydrogens is 234 g/mol. The molecule has 1 N–H and O–H groups in total. The van der Waals surface area contributed by atoms with Gasteiger partial charge in [-0.3, -0.25) is 0 Å². The number of piperidine rings is 1. The molecule has 2 heterocycles. The zero-order valence-electron chi connectivity index (χ0n) is 11.1. The Kier molecular flexibility index (Phi) is 2.52. The van der Waals surface area contributed by atoms with Crippen LogP contribution in [0.5, 0.6) is 0 Å². The number of fused-ring (bicyclic) bond motifs is 2. The first-order chi connectivity index (χ1) is 9.37. The van der Waals surface area contributed by atoms with Gasteiger partial charge >= 0.3 is 0 Å². The highest BCUT2D eigenvalue weighted by Gasteiger charge is 2.39. The van der Waals surface area contributed by atoms with E-state index < -0.39 is 0 Å². The van der Waals surface area contributed by atoms with Crippen LogP contribution in [0.4, 0.5) is 0 Å². The molecule has 4 rings (SSSR count). The van der Waals surface area contributed by atoms with Gasteiger partial charge in [-0.2, -0.15) is 0 Å². The van der Waals surface area contributed by atoms with Crippen molar-refractivity contribution in [2.45, 2.75) is 31.1 Å². The first-order valence-electron chi connectivity index (χ1n) is 7.24. The number of aryl methyl sites for hydroxylation is 1. The quantitative estimate of drug-likeness (QED) is 0.841. The minimum Gasteiger partial charge on any atom is -0.472 e. The van der Waals surface area contributed by atoms with E-state index in [1.54, 1.807) is 17.4 Å². The second-order valence-electron chi connectivity index (χ2n) is 5.91. The molecule has 1 fully saturated rings. The van der Waals surface area contributed by atoms with Crippen LogP contribution >= 0.6 is 0 Å². The standard InChI is InChI=1S/C17H19NO/c1-2-16-14(11-13(1)15-4-10-19-12-15)3-5-17(16)6-8-18-9-7-17/h1-2,4,10-12,18H,3,5-9H2. The van der Waals surface area contributed by atoms with E-state index in [0.717, 1.165) is 0 Å². The number of hydrogen-bond donors (Lipinski definition) is 1. The molecule has 0 unspecified atom stereocenters. The minimum atomic E-state index is 0.468. The van der Waals surface area contributed by atoms with E-state index in [4.69, 9.17) is 4.42 Å². The largest absolute Gasteiger partial charge is 0.472 e. The van der Waals surface area contributed by atoms with Crippen LogP contribution in [0.3, 0.4) is 0 Å². The number of rotatable bonds is 1. The lowest BCUT2D eigenvalue weighted by molar-refractivity contribution is 0.306. The molecule has 0 saturated carbocycles. The van der Waals surface area contributed by atoms with Crippen molar-refractivity contribution < 1.29 is 4.42 Å². The number of hydrogen-bond acceptors (Lipinski definition) is 2. The van der Waals surface area contributed by atoms with Crippen molar-refractivity contribution in [1.29, 1.82) is 0 Å². The lowest BCUT2D eigenvalue weighted by Crippen LogP contribution is -2.38. The molecule has 1 aliphatic carbocycles. The second kappa shape index (κ2) is 4.24. The van der Waals surface area contributed by atoms with Crippen LogP contribution in [0.2, 0.25) is 0 Å². The minimum absolute atomic E-state index is 0.468. The fourth-order valence-electron chi connectivity index (χ4n) is 3.86. The molecule has 0 radical (unpaired) electrons. The highest BCUT2D eigenvalue weighted by Crippen LogP contribution is 2.45. The van der Waals surface area contributed by atoms with Gasteiger partial charge in [0.2, 0.25) is 0 Å². The van der Waals surface area contributed by atoms with Crippen LogP contribution in [-0.2, 0) is 11.8 Å². The molecule has 0 atom stereocenters. The fourth-order valence-corrected chi connectivity index (χ4v) is 3.86. The summed E-state index contributed by atoms with van der Waals surface area (Å²) in [5.41, 5.74) is 6.12. The molecule has 98 valence electrons. The number of nitrogens with one attached hydrogen (secondary N) is 1. The van der Waals surface area contributed by atoms with E-state index in [-0.39, 0.29) is 0 Å².